The van der Waals surface area contributed by atoms with Gasteiger partial charge < -0.3 is 26.5 Å². The first kappa shape index (κ1) is 28.9. The third-order valence-corrected chi connectivity index (χ3v) is 4.03. The molecule has 2 heterocycles. The quantitative estimate of drug-likeness (QED) is 0.410. The molecule has 0 aliphatic carbocycles. The smallest absolute Gasteiger partial charge is 0.120 e. The van der Waals surface area contributed by atoms with Crippen LogP contribution in [0.25, 0.3) is 11.3 Å². The van der Waals surface area contributed by atoms with Gasteiger partial charge in [0.2, 0.25) is 0 Å². The second-order valence-corrected chi connectivity index (χ2v) is 7.02. The molecular formula is C23H26F2IrN6-2. The number of benzene rings is 1. The molecule has 0 saturated heterocycles. The summed E-state index contributed by atoms with van der Waals surface area (Å²) >= 11 is 0. The molecule has 9 heteroatoms. The van der Waals surface area contributed by atoms with Gasteiger partial charge in [0.1, 0.15) is 5.82 Å². The van der Waals surface area contributed by atoms with E-state index >= 15 is 0 Å². The van der Waals surface area contributed by atoms with Crippen molar-refractivity contribution in [2.24, 2.45) is 0 Å². The molecule has 0 spiro atoms. The van der Waals surface area contributed by atoms with Gasteiger partial charge in [0.05, 0.1) is 0 Å². The molecular weight excluding hydrogens is 591 g/mol. The van der Waals surface area contributed by atoms with E-state index in [-0.39, 0.29) is 20.1 Å². The summed E-state index contributed by atoms with van der Waals surface area (Å²) in [6.07, 6.45) is 3.57. The Bertz CT molecular complexity index is 932. The Kier molecular flexibility index (Phi) is 12.7. The molecule has 0 aliphatic rings. The second-order valence-electron chi connectivity index (χ2n) is 7.02. The number of pyridine rings is 2. The molecule has 1 radical (unpaired) electrons. The molecule has 0 unspecified atom stereocenters. The van der Waals surface area contributed by atoms with Gasteiger partial charge in [-0.3, -0.25) is 9.97 Å². The topological polar surface area (TPSA) is 59.3 Å². The van der Waals surface area contributed by atoms with Crippen molar-refractivity contribution in [1.82, 2.24) is 9.97 Å². The predicted molar refractivity (Wildman–Crippen MR) is 121 cm³/mol. The van der Waals surface area contributed by atoms with Crippen molar-refractivity contribution < 1.29 is 28.9 Å². The van der Waals surface area contributed by atoms with E-state index in [1.165, 1.54) is 11.8 Å². The van der Waals surface area contributed by atoms with Crippen LogP contribution in [0.5, 0.6) is 0 Å². The summed E-state index contributed by atoms with van der Waals surface area (Å²) in [5.41, 5.74) is 2.87. The minimum absolute atomic E-state index is 0. The van der Waals surface area contributed by atoms with Gasteiger partial charge in [-0.25, -0.2) is 8.78 Å². The predicted octanol–water partition coefficient (Wildman–Crippen LogP) is 4.20. The fraction of sp³-hybridized carbons (Fsp3) is 0.261. The Morgan fingerprint density at radius 1 is 0.812 bits per heavy atom. The molecule has 0 N–H and O–H groups in total. The monoisotopic (exact) mass is 617 g/mol. The molecule has 0 amide bonds. The van der Waals surface area contributed by atoms with Crippen molar-refractivity contribution in [3.63, 3.8) is 0 Å². The van der Waals surface area contributed by atoms with Crippen molar-refractivity contribution >= 4 is 17.2 Å². The molecule has 0 bridgehead atoms. The average molecular weight is 617 g/mol. The summed E-state index contributed by atoms with van der Waals surface area (Å²) in [6.45, 7) is 4.75. The Balaban J connectivity index is 0.000000674. The van der Waals surface area contributed by atoms with Crippen molar-refractivity contribution in [3.8, 4) is 11.3 Å². The molecule has 2 aromatic heterocycles. The normalized spacial score (nSPS) is 9.19. The summed E-state index contributed by atoms with van der Waals surface area (Å²) < 4.78 is 26.6. The Hall–Kier alpha value is -3.08. The van der Waals surface area contributed by atoms with E-state index in [2.05, 4.69) is 16.0 Å². The van der Waals surface area contributed by atoms with E-state index in [0.717, 1.165) is 11.8 Å². The van der Waals surface area contributed by atoms with Gasteiger partial charge in [0.25, 0.3) is 0 Å². The summed E-state index contributed by atoms with van der Waals surface area (Å²) in [4.78, 5) is 14.1. The maximum absolute atomic E-state index is 13.3. The fourth-order valence-electron chi connectivity index (χ4n) is 2.41. The molecule has 0 saturated carbocycles. The summed E-state index contributed by atoms with van der Waals surface area (Å²) in [7, 11) is 11.5. The van der Waals surface area contributed by atoms with Gasteiger partial charge in [-0.2, -0.15) is 0 Å². The van der Waals surface area contributed by atoms with Crippen molar-refractivity contribution in [1.29, 1.82) is 5.26 Å². The van der Waals surface area contributed by atoms with Gasteiger partial charge in [-0.05, 0) is 17.8 Å². The maximum atomic E-state index is 13.3. The first-order chi connectivity index (χ1) is 14.7. The summed E-state index contributed by atoms with van der Waals surface area (Å²) in [5, 5.41) is 6.25. The minimum atomic E-state index is -0.733. The first-order valence-electron chi connectivity index (χ1n) is 9.22. The van der Waals surface area contributed by atoms with Crippen LogP contribution in [-0.4, -0.2) is 52.3 Å². The molecule has 32 heavy (non-hydrogen) atoms. The van der Waals surface area contributed by atoms with Crippen molar-refractivity contribution in [2.75, 3.05) is 57.0 Å². The number of halogens is 2. The van der Waals surface area contributed by atoms with Crippen molar-refractivity contribution in [2.45, 2.75) is 0 Å². The van der Waals surface area contributed by atoms with Crippen LogP contribution in [0.2, 0.25) is 0 Å². The van der Waals surface area contributed by atoms with Crippen LogP contribution in [0, 0.1) is 29.5 Å². The third kappa shape index (κ3) is 8.96. The van der Waals surface area contributed by atoms with Gasteiger partial charge in [0.15, 0.2) is 0 Å². The molecule has 3 aromatic rings. The standard InChI is InChI=1S/C15H16F2N3.C7H10N2.CN.Ir/c1-19(2)13-8-14(18-15(9-13)20(3)4)10-5-11(16)7-12(17)6-10;1-9(2)7-3-5-8-6-4-7;1-2;/h5,7-9H,1-4H3;3-6H,1-2H3;;/q-1;;-1;. The van der Waals surface area contributed by atoms with Gasteiger partial charge >= 0.3 is 0 Å². The van der Waals surface area contributed by atoms with Crippen LogP contribution >= 0.6 is 0 Å². The van der Waals surface area contributed by atoms with Gasteiger partial charge in [0, 0.05) is 104 Å². The molecule has 173 valence electrons. The van der Waals surface area contributed by atoms with Gasteiger partial charge in [-0.1, -0.05) is 12.1 Å². The minimum Gasteiger partial charge on any atom is -0.512 e. The fourth-order valence-corrected chi connectivity index (χ4v) is 2.41. The Labute approximate surface area is 202 Å². The van der Waals surface area contributed by atoms with E-state index in [4.69, 9.17) is 11.8 Å². The molecule has 0 atom stereocenters. The maximum Gasteiger partial charge on any atom is 0.120 e. The van der Waals surface area contributed by atoms with Crippen LogP contribution in [0.3, 0.4) is 0 Å². The van der Waals surface area contributed by atoms with Crippen LogP contribution in [0.1, 0.15) is 0 Å². The molecule has 6 nitrogen and oxygen atoms in total. The average Bonchev–Trinajstić information content (AvgIpc) is 2.75. The van der Waals surface area contributed by atoms with E-state index in [9.17, 15) is 8.78 Å². The van der Waals surface area contributed by atoms with Crippen LogP contribution in [0.15, 0.2) is 48.8 Å². The Morgan fingerprint density at radius 2 is 1.38 bits per heavy atom. The second kappa shape index (κ2) is 14.1. The number of nitrogens with zero attached hydrogens (tertiary/aromatic N) is 6. The van der Waals surface area contributed by atoms with Crippen molar-refractivity contribution in [3.05, 3.63) is 73.1 Å². The first-order valence-corrected chi connectivity index (χ1v) is 9.22. The SMILES string of the molecule is CN(C)c1cc(-c2[c-]c(F)cc(F)c2)nc(N(C)C)c1.CN(C)c1ccncc1.[C-]#N.[Ir]. The van der Waals surface area contributed by atoms with E-state index in [1.807, 2.05) is 75.2 Å². The van der Waals surface area contributed by atoms with E-state index < -0.39 is 11.6 Å². The van der Waals surface area contributed by atoms with Crippen LogP contribution in [0.4, 0.5) is 26.0 Å². The number of aromatic nitrogens is 2. The number of hydrogen-bond donors (Lipinski definition) is 0. The van der Waals surface area contributed by atoms with Gasteiger partial charge in [-0.15, -0.1) is 17.7 Å². The number of hydrogen-bond acceptors (Lipinski definition) is 6. The Morgan fingerprint density at radius 3 is 1.81 bits per heavy atom. The van der Waals surface area contributed by atoms with Crippen LogP contribution in [-0.2, 0) is 20.1 Å². The number of rotatable bonds is 4. The number of anilines is 3. The summed E-state index contributed by atoms with van der Waals surface area (Å²) in [6, 6.07) is 12.1. The van der Waals surface area contributed by atoms with Crippen LogP contribution < -0.4 is 14.7 Å². The molecule has 3 rings (SSSR count). The largest absolute Gasteiger partial charge is 0.512 e. The molecule has 0 fully saturated rings. The molecule has 1 aromatic carbocycles. The van der Waals surface area contributed by atoms with E-state index in [1.54, 1.807) is 18.5 Å². The summed E-state index contributed by atoms with van der Waals surface area (Å²) in [5.74, 6) is -0.660. The zero-order valence-corrected chi connectivity index (χ0v) is 21.3. The zero-order chi connectivity index (χ0) is 23.6. The molecule has 0 aliphatic heterocycles. The van der Waals surface area contributed by atoms with E-state index in [0.29, 0.717) is 17.1 Å². The third-order valence-electron chi connectivity index (χ3n) is 4.03. The zero-order valence-electron chi connectivity index (χ0n) is 18.9.